The number of para-hydroxylation sites is 1. The Kier molecular flexibility index (Phi) is 3.66. The molecule has 5 nitrogen and oxygen atoms in total. The van der Waals surface area contributed by atoms with E-state index in [-0.39, 0.29) is 5.82 Å². The molecule has 2 aromatic heterocycles. The predicted molar refractivity (Wildman–Crippen MR) is 89.1 cm³/mol. The van der Waals surface area contributed by atoms with E-state index >= 15 is 0 Å². The third-order valence-electron chi connectivity index (χ3n) is 3.62. The number of fused-ring (bicyclic) bond motifs is 1. The Bertz CT molecular complexity index is 1010. The summed E-state index contributed by atoms with van der Waals surface area (Å²) in [6.45, 7) is 0.352. The number of nitrogens with zero attached hydrogens (tertiary/aromatic N) is 5. The molecule has 0 aliphatic carbocycles. The van der Waals surface area contributed by atoms with Crippen LogP contribution in [0.2, 0.25) is 5.15 Å². The van der Waals surface area contributed by atoms with Crippen molar-refractivity contribution in [1.29, 1.82) is 0 Å². The van der Waals surface area contributed by atoms with E-state index in [2.05, 4.69) is 20.4 Å². The van der Waals surface area contributed by atoms with Gasteiger partial charge in [-0.3, -0.25) is 0 Å². The molecule has 0 atom stereocenters. The minimum Gasteiger partial charge on any atom is -0.236 e. The molecule has 0 saturated heterocycles. The molecule has 7 heteroatoms. The van der Waals surface area contributed by atoms with Gasteiger partial charge in [-0.1, -0.05) is 29.8 Å². The molecule has 24 heavy (non-hydrogen) atoms. The van der Waals surface area contributed by atoms with Gasteiger partial charge in [0, 0.05) is 16.5 Å². The van der Waals surface area contributed by atoms with Crippen molar-refractivity contribution >= 4 is 22.5 Å². The van der Waals surface area contributed by atoms with Gasteiger partial charge in [0.25, 0.3) is 0 Å². The molecule has 0 amide bonds. The van der Waals surface area contributed by atoms with Crippen molar-refractivity contribution in [2.45, 2.75) is 6.54 Å². The van der Waals surface area contributed by atoms with Crippen LogP contribution in [0.3, 0.4) is 0 Å². The number of aromatic nitrogens is 5. The minimum absolute atomic E-state index is 0.305. The number of benzene rings is 2. The van der Waals surface area contributed by atoms with E-state index in [1.54, 1.807) is 12.1 Å². The molecule has 4 rings (SSSR count). The first kappa shape index (κ1) is 14.7. The minimum atomic E-state index is -0.305. The summed E-state index contributed by atoms with van der Waals surface area (Å²) < 4.78 is 13.0. The maximum absolute atomic E-state index is 13.0. The van der Waals surface area contributed by atoms with Crippen LogP contribution >= 0.6 is 11.6 Å². The highest BCUT2D eigenvalue weighted by molar-refractivity contribution is 6.30. The Morgan fingerprint density at radius 1 is 1.04 bits per heavy atom. The summed E-state index contributed by atoms with van der Waals surface area (Å²) >= 11 is 6.25. The van der Waals surface area contributed by atoms with Crippen LogP contribution < -0.4 is 0 Å². The lowest BCUT2D eigenvalue weighted by Gasteiger charge is -2.05. The van der Waals surface area contributed by atoms with Gasteiger partial charge in [0.1, 0.15) is 11.0 Å². The highest BCUT2D eigenvalue weighted by Gasteiger charge is 2.10. The summed E-state index contributed by atoms with van der Waals surface area (Å²) in [5, 5.41) is 13.7. The van der Waals surface area contributed by atoms with Crippen LogP contribution in [0.5, 0.6) is 0 Å². The quantitative estimate of drug-likeness (QED) is 0.534. The normalized spacial score (nSPS) is 11.1. The standard InChI is InChI=1S/C17H11ClFN5/c18-16-13(9-12-3-1-2-4-15(12)20-16)10-24-22-17(21-23-24)11-5-7-14(19)8-6-11/h1-9H,10H2. The summed E-state index contributed by atoms with van der Waals surface area (Å²) in [5.74, 6) is 0.125. The first-order chi connectivity index (χ1) is 11.7. The summed E-state index contributed by atoms with van der Waals surface area (Å²) in [5.41, 5.74) is 2.34. The monoisotopic (exact) mass is 339 g/mol. The zero-order chi connectivity index (χ0) is 16.5. The van der Waals surface area contributed by atoms with E-state index in [9.17, 15) is 4.39 Å². The number of hydrogen-bond donors (Lipinski definition) is 0. The average molecular weight is 340 g/mol. The van der Waals surface area contributed by atoms with Crippen LogP contribution in [0.15, 0.2) is 54.6 Å². The molecule has 2 aromatic carbocycles. The van der Waals surface area contributed by atoms with Gasteiger partial charge in [0.15, 0.2) is 0 Å². The molecular weight excluding hydrogens is 329 g/mol. The average Bonchev–Trinajstić information content (AvgIpc) is 3.05. The number of halogens is 2. The van der Waals surface area contributed by atoms with E-state index in [0.717, 1.165) is 16.5 Å². The molecule has 0 fully saturated rings. The smallest absolute Gasteiger partial charge is 0.204 e. The van der Waals surface area contributed by atoms with E-state index in [4.69, 9.17) is 11.6 Å². The maximum Gasteiger partial charge on any atom is 0.204 e. The van der Waals surface area contributed by atoms with Crippen molar-refractivity contribution in [3.63, 3.8) is 0 Å². The van der Waals surface area contributed by atoms with Gasteiger partial charge in [-0.15, -0.1) is 10.2 Å². The molecule has 4 aromatic rings. The molecule has 0 bridgehead atoms. The molecule has 0 aliphatic rings. The molecule has 0 spiro atoms. The molecule has 0 aliphatic heterocycles. The van der Waals surface area contributed by atoms with Gasteiger partial charge in [-0.25, -0.2) is 9.37 Å². The highest BCUT2D eigenvalue weighted by atomic mass is 35.5. The van der Waals surface area contributed by atoms with Crippen LogP contribution in [0.4, 0.5) is 4.39 Å². The first-order valence-corrected chi connectivity index (χ1v) is 7.65. The SMILES string of the molecule is Fc1ccc(-c2nnn(Cc3cc4ccccc4nc3Cl)n2)cc1. The Labute approximate surface area is 141 Å². The number of rotatable bonds is 3. The van der Waals surface area contributed by atoms with Gasteiger partial charge < -0.3 is 0 Å². The van der Waals surface area contributed by atoms with Crippen LogP contribution in [-0.4, -0.2) is 25.2 Å². The van der Waals surface area contributed by atoms with Gasteiger partial charge in [0.2, 0.25) is 5.82 Å². The first-order valence-electron chi connectivity index (χ1n) is 7.27. The van der Waals surface area contributed by atoms with Gasteiger partial charge >= 0.3 is 0 Å². The molecule has 0 saturated carbocycles. The van der Waals surface area contributed by atoms with Crippen molar-refractivity contribution in [3.8, 4) is 11.4 Å². The Morgan fingerprint density at radius 3 is 2.67 bits per heavy atom. The molecule has 0 unspecified atom stereocenters. The van der Waals surface area contributed by atoms with E-state index < -0.39 is 0 Å². The summed E-state index contributed by atoms with van der Waals surface area (Å²) in [4.78, 5) is 5.82. The predicted octanol–water partition coefficient (Wildman–Crippen LogP) is 3.73. The second-order valence-electron chi connectivity index (χ2n) is 5.28. The van der Waals surface area contributed by atoms with Crippen molar-refractivity contribution in [2.75, 3.05) is 0 Å². The van der Waals surface area contributed by atoms with E-state index in [0.29, 0.717) is 23.1 Å². The van der Waals surface area contributed by atoms with Crippen molar-refractivity contribution < 1.29 is 4.39 Å². The Balaban J connectivity index is 1.64. The van der Waals surface area contributed by atoms with Crippen LogP contribution in [0.1, 0.15) is 5.56 Å². The van der Waals surface area contributed by atoms with Crippen LogP contribution in [0.25, 0.3) is 22.3 Å². The Hall–Kier alpha value is -2.86. The second-order valence-corrected chi connectivity index (χ2v) is 5.64. The summed E-state index contributed by atoms with van der Waals surface area (Å²) in [6.07, 6.45) is 0. The summed E-state index contributed by atoms with van der Waals surface area (Å²) in [7, 11) is 0. The fourth-order valence-corrected chi connectivity index (χ4v) is 2.63. The maximum atomic E-state index is 13.0. The lowest BCUT2D eigenvalue weighted by atomic mass is 10.1. The number of pyridine rings is 1. The van der Waals surface area contributed by atoms with Crippen molar-refractivity contribution in [2.24, 2.45) is 0 Å². The zero-order valence-electron chi connectivity index (χ0n) is 12.4. The zero-order valence-corrected chi connectivity index (χ0v) is 13.2. The second kappa shape index (κ2) is 5.98. The van der Waals surface area contributed by atoms with E-state index in [1.807, 2.05) is 30.3 Å². The van der Waals surface area contributed by atoms with Crippen LogP contribution in [-0.2, 0) is 6.54 Å². The molecule has 0 radical (unpaired) electrons. The topological polar surface area (TPSA) is 56.5 Å². The van der Waals surface area contributed by atoms with E-state index in [1.165, 1.54) is 16.9 Å². The fourth-order valence-electron chi connectivity index (χ4n) is 2.42. The number of tetrazole rings is 1. The van der Waals surface area contributed by atoms with Crippen molar-refractivity contribution in [3.05, 3.63) is 71.1 Å². The van der Waals surface area contributed by atoms with Gasteiger partial charge in [0.05, 0.1) is 12.1 Å². The molecule has 2 heterocycles. The summed E-state index contributed by atoms with van der Waals surface area (Å²) in [6, 6.07) is 15.7. The van der Waals surface area contributed by atoms with Gasteiger partial charge in [-0.05, 0) is 41.6 Å². The molecular formula is C17H11ClFN5. The van der Waals surface area contributed by atoms with Crippen LogP contribution in [0, 0.1) is 5.82 Å². The largest absolute Gasteiger partial charge is 0.236 e. The molecule has 118 valence electrons. The third-order valence-corrected chi connectivity index (χ3v) is 3.94. The third kappa shape index (κ3) is 2.83. The van der Waals surface area contributed by atoms with Crippen molar-refractivity contribution in [1.82, 2.24) is 25.2 Å². The lowest BCUT2D eigenvalue weighted by molar-refractivity contribution is 0.572. The molecule has 0 N–H and O–H groups in total. The Morgan fingerprint density at radius 2 is 1.83 bits per heavy atom. The van der Waals surface area contributed by atoms with Gasteiger partial charge in [-0.2, -0.15) is 4.80 Å². The fraction of sp³-hybridized carbons (Fsp3) is 0.0588. The highest BCUT2D eigenvalue weighted by Crippen LogP contribution is 2.21. The number of hydrogen-bond acceptors (Lipinski definition) is 4. The lowest BCUT2D eigenvalue weighted by Crippen LogP contribution is -2.05.